The van der Waals surface area contributed by atoms with E-state index in [1.54, 1.807) is 7.05 Å². The molecule has 2 rings (SSSR count). The zero-order valence-electron chi connectivity index (χ0n) is 10.5. The topological polar surface area (TPSA) is 72.9 Å². The van der Waals surface area contributed by atoms with Crippen molar-refractivity contribution in [1.29, 1.82) is 0 Å². The fourth-order valence-corrected chi connectivity index (χ4v) is 2.21. The second-order valence-corrected chi connectivity index (χ2v) is 5.00. The van der Waals surface area contributed by atoms with Gasteiger partial charge in [0.2, 0.25) is 0 Å². The molecule has 17 heavy (non-hydrogen) atoms. The molecule has 1 saturated carbocycles. The zero-order chi connectivity index (χ0) is 12.5. The molecule has 1 fully saturated rings. The van der Waals surface area contributed by atoms with Crippen molar-refractivity contribution in [3.8, 4) is 0 Å². The molecule has 1 heterocycles. The number of hydrogen-bond acceptors (Lipinski definition) is 3. The van der Waals surface area contributed by atoms with Crippen LogP contribution < -0.4 is 11.1 Å². The van der Waals surface area contributed by atoms with Crippen molar-refractivity contribution >= 4 is 11.7 Å². The molecular formula is C12H20N4O. The zero-order valence-corrected chi connectivity index (χ0v) is 10.5. The van der Waals surface area contributed by atoms with Gasteiger partial charge in [-0.05, 0) is 24.7 Å². The van der Waals surface area contributed by atoms with Gasteiger partial charge in [-0.15, -0.1) is 0 Å². The number of nitrogens with zero attached hydrogens (tertiary/aromatic N) is 2. The monoisotopic (exact) mass is 236 g/mol. The highest BCUT2D eigenvalue weighted by Crippen LogP contribution is 2.48. The average Bonchev–Trinajstić information content (AvgIpc) is 2.99. The van der Waals surface area contributed by atoms with Gasteiger partial charge in [0, 0.05) is 13.6 Å². The number of aryl methyl sites for hydroxylation is 1. The number of hydrogen-bond donors (Lipinski definition) is 2. The highest BCUT2D eigenvalue weighted by Gasteiger charge is 2.41. The lowest BCUT2D eigenvalue weighted by atomic mass is 10.0. The molecule has 0 aliphatic heterocycles. The number of aromatic nitrogens is 2. The number of rotatable bonds is 5. The lowest BCUT2D eigenvalue weighted by Gasteiger charge is -2.14. The molecule has 0 unspecified atom stereocenters. The van der Waals surface area contributed by atoms with Gasteiger partial charge in [-0.25, -0.2) is 0 Å². The van der Waals surface area contributed by atoms with Gasteiger partial charge >= 0.3 is 0 Å². The summed E-state index contributed by atoms with van der Waals surface area (Å²) in [6, 6.07) is 0. The van der Waals surface area contributed by atoms with Crippen molar-refractivity contribution in [3.63, 3.8) is 0 Å². The normalized spacial score (nSPS) is 16.8. The number of carbonyl (C=O) groups is 1. The first-order chi connectivity index (χ1) is 8.08. The second-order valence-electron chi connectivity index (χ2n) is 5.00. The number of carbonyl (C=O) groups excluding carboxylic acids is 1. The maximum Gasteiger partial charge on any atom is 0.256 e. The Morgan fingerprint density at radius 1 is 1.65 bits per heavy atom. The largest absolute Gasteiger partial charge is 0.383 e. The minimum absolute atomic E-state index is 0.113. The maximum atomic E-state index is 11.9. The molecule has 94 valence electrons. The summed E-state index contributed by atoms with van der Waals surface area (Å²) >= 11 is 0. The van der Waals surface area contributed by atoms with Crippen LogP contribution in [0.2, 0.25) is 0 Å². The maximum absolute atomic E-state index is 11.9. The fourth-order valence-electron chi connectivity index (χ4n) is 2.21. The van der Waals surface area contributed by atoms with Crippen LogP contribution in [0.3, 0.4) is 0 Å². The van der Waals surface area contributed by atoms with Gasteiger partial charge in [-0.1, -0.05) is 13.3 Å². The van der Waals surface area contributed by atoms with E-state index in [0.29, 0.717) is 16.8 Å². The fraction of sp³-hybridized carbons (Fsp3) is 0.667. The first-order valence-electron chi connectivity index (χ1n) is 6.14. The third-order valence-electron chi connectivity index (χ3n) is 3.59. The quantitative estimate of drug-likeness (QED) is 0.809. The number of nitrogens with two attached hydrogens (primary N) is 1. The van der Waals surface area contributed by atoms with Crippen molar-refractivity contribution < 1.29 is 4.79 Å². The molecule has 0 bridgehead atoms. The van der Waals surface area contributed by atoms with Gasteiger partial charge in [0.05, 0.1) is 6.20 Å². The van der Waals surface area contributed by atoms with Crippen molar-refractivity contribution in [2.45, 2.75) is 32.6 Å². The van der Waals surface area contributed by atoms with Gasteiger partial charge in [-0.2, -0.15) is 5.10 Å². The Balaban J connectivity index is 1.92. The molecule has 0 atom stereocenters. The van der Waals surface area contributed by atoms with Gasteiger partial charge in [-0.3, -0.25) is 9.48 Å². The highest BCUT2D eigenvalue weighted by atomic mass is 16.1. The molecule has 5 heteroatoms. The van der Waals surface area contributed by atoms with E-state index in [-0.39, 0.29) is 5.91 Å². The SMILES string of the molecule is CCCC1(CNC(=O)c2cnn(C)c2N)CC1. The molecule has 5 nitrogen and oxygen atoms in total. The van der Waals surface area contributed by atoms with Gasteiger partial charge < -0.3 is 11.1 Å². The van der Waals surface area contributed by atoms with Crippen molar-refractivity contribution in [2.75, 3.05) is 12.3 Å². The summed E-state index contributed by atoms with van der Waals surface area (Å²) < 4.78 is 1.51. The predicted molar refractivity (Wildman–Crippen MR) is 66.5 cm³/mol. The summed E-state index contributed by atoms with van der Waals surface area (Å²) in [7, 11) is 1.73. The molecular weight excluding hydrogens is 216 g/mol. The summed E-state index contributed by atoms with van der Waals surface area (Å²) in [6.45, 7) is 2.94. The van der Waals surface area contributed by atoms with Gasteiger partial charge in [0.25, 0.3) is 5.91 Å². The summed E-state index contributed by atoms with van der Waals surface area (Å²) in [5, 5.41) is 6.93. The van der Waals surface area contributed by atoms with Crippen LogP contribution in [0.15, 0.2) is 6.20 Å². The summed E-state index contributed by atoms with van der Waals surface area (Å²) in [4.78, 5) is 11.9. The molecule has 0 aromatic carbocycles. The molecule has 0 radical (unpaired) electrons. The van der Waals surface area contributed by atoms with Crippen LogP contribution in [0.4, 0.5) is 5.82 Å². The third kappa shape index (κ3) is 2.43. The average molecular weight is 236 g/mol. The summed E-state index contributed by atoms with van der Waals surface area (Å²) in [5.74, 6) is 0.306. The Labute approximate surface area is 101 Å². The summed E-state index contributed by atoms with van der Waals surface area (Å²) in [5.41, 5.74) is 6.59. The van der Waals surface area contributed by atoms with E-state index in [1.807, 2.05) is 0 Å². The molecule has 1 aliphatic rings. The molecule has 0 saturated heterocycles. The van der Waals surface area contributed by atoms with Gasteiger partial charge in [0.1, 0.15) is 11.4 Å². The predicted octanol–water partition coefficient (Wildman–Crippen LogP) is 1.31. The Kier molecular flexibility index (Phi) is 3.09. The van der Waals surface area contributed by atoms with Crippen molar-refractivity contribution in [3.05, 3.63) is 11.8 Å². The Bertz CT molecular complexity index is 420. The number of nitrogen functional groups attached to an aromatic ring is 1. The number of anilines is 1. The molecule has 1 aromatic heterocycles. The minimum Gasteiger partial charge on any atom is -0.383 e. The Morgan fingerprint density at radius 2 is 2.35 bits per heavy atom. The highest BCUT2D eigenvalue weighted by molar-refractivity contribution is 5.98. The molecule has 1 aromatic rings. The van der Waals surface area contributed by atoms with Crippen LogP contribution in [0, 0.1) is 5.41 Å². The van der Waals surface area contributed by atoms with E-state index in [4.69, 9.17) is 5.73 Å². The lowest BCUT2D eigenvalue weighted by Crippen LogP contribution is -2.30. The molecule has 1 aliphatic carbocycles. The van der Waals surface area contributed by atoms with Crippen LogP contribution >= 0.6 is 0 Å². The minimum atomic E-state index is -0.113. The molecule has 0 spiro atoms. The smallest absolute Gasteiger partial charge is 0.256 e. The van der Waals surface area contributed by atoms with E-state index in [2.05, 4.69) is 17.3 Å². The van der Waals surface area contributed by atoms with Crippen LogP contribution in [0.5, 0.6) is 0 Å². The van der Waals surface area contributed by atoms with Crippen LogP contribution in [-0.2, 0) is 7.05 Å². The van der Waals surface area contributed by atoms with Crippen LogP contribution in [-0.4, -0.2) is 22.2 Å². The first kappa shape index (κ1) is 12.0. The van der Waals surface area contributed by atoms with Crippen LogP contribution in [0.25, 0.3) is 0 Å². The van der Waals surface area contributed by atoms with Crippen LogP contribution in [0.1, 0.15) is 43.0 Å². The van der Waals surface area contributed by atoms with E-state index < -0.39 is 0 Å². The summed E-state index contributed by atoms with van der Waals surface area (Å²) in [6.07, 6.45) is 6.33. The number of nitrogens with one attached hydrogen (secondary N) is 1. The second kappa shape index (κ2) is 4.39. The van der Waals surface area contributed by atoms with E-state index >= 15 is 0 Å². The lowest BCUT2D eigenvalue weighted by molar-refractivity contribution is 0.0944. The molecule has 3 N–H and O–H groups in total. The van der Waals surface area contributed by atoms with Crippen molar-refractivity contribution in [1.82, 2.24) is 15.1 Å². The molecule has 1 amide bonds. The Hall–Kier alpha value is -1.52. The van der Waals surface area contributed by atoms with E-state index in [9.17, 15) is 4.79 Å². The standard InChI is InChI=1S/C12H20N4O/c1-3-4-12(5-6-12)8-14-11(17)9-7-15-16(2)10(9)13/h7H,3-6,8,13H2,1-2H3,(H,14,17). The van der Waals surface area contributed by atoms with E-state index in [0.717, 1.165) is 6.54 Å². The first-order valence-corrected chi connectivity index (χ1v) is 6.14. The van der Waals surface area contributed by atoms with Gasteiger partial charge in [0.15, 0.2) is 0 Å². The Morgan fingerprint density at radius 3 is 2.82 bits per heavy atom. The third-order valence-corrected chi connectivity index (χ3v) is 3.59. The van der Waals surface area contributed by atoms with E-state index in [1.165, 1.54) is 36.6 Å². The van der Waals surface area contributed by atoms with Crippen molar-refractivity contribution in [2.24, 2.45) is 12.5 Å². The number of amides is 1.